The standard InChI is InChI=1S/C14H15N2P/c1-2-13(17)14(11-7-3-5-9-15-11)12-8-4-6-10-16-12/h3-10H,2,17H2,1H3. The Balaban J connectivity index is 2.56. The summed E-state index contributed by atoms with van der Waals surface area (Å²) >= 11 is 0. The van der Waals surface area contributed by atoms with E-state index in [0.717, 1.165) is 23.4 Å². The van der Waals surface area contributed by atoms with E-state index in [4.69, 9.17) is 0 Å². The third-order valence-electron chi connectivity index (χ3n) is 2.54. The average Bonchev–Trinajstić information content (AvgIpc) is 2.41. The number of allylic oxidation sites excluding steroid dienone is 1. The number of hydrogen-bond donors (Lipinski definition) is 0. The second-order valence-corrected chi connectivity index (χ2v) is 4.38. The molecule has 0 aliphatic rings. The molecule has 2 aromatic heterocycles. The van der Waals surface area contributed by atoms with Gasteiger partial charge in [0.25, 0.3) is 0 Å². The molecule has 0 N–H and O–H groups in total. The van der Waals surface area contributed by atoms with Crippen molar-refractivity contribution in [3.63, 3.8) is 0 Å². The van der Waals surface area contributed by atoms with E-state index in [2.05, 4.69) is 26.1 Å². The quantitative estimate of drug-likeness (QED) is 0.769. The van der Waals surface area contributed by atoms with Crippen LogP contribution in [0, 0.1) is 0 Å². The molecule has 0 amide bonds. The smallest absolute Gasteiger partial charge is 0.0726 e. The van der Waals surface area contributed by atoms with E-state index in [1.165, 1.54) is 5.31 Å². The average molecular weight is 242 g/mol. The van der Waals surface area contributed by atoms with Crippen molar-refractivity contribution in [2.75, 3.05) is 0 Å². The molecule has 0 aliphatic carbocycles. The van der Waals surface area contributed by atoms with E-state index in [9.17, 15) is 0 Å². The summed E-state index contributed by atoms with van der Waals surface area (Å²) in [4.78, 5) is 8.83. The van der Waals surface area contributed by atoms with Crippen molar-refractivity contribution in [3.8, 4) is 0 Å². The van der Waals surface area contributed by atoms with E-state index in [1.807, 2.05) is 48.8 Å². The predicted octanol–water partition coefficient (Wildman–Crippen LogP) is 3.52. The molecule has 0 radical (unpaired) electrons. The molecular formula is C14H15N2P. The van der Waals surface area contributed by atoms with Crippen LogP contribution in [0.5, 0.6) is 0 Å². The van der Waals surface area contributed by atoms with E-state index in [-0.39, 0.29) is 0 Å². The Labute approximate surface area is 104 Å². The zero-order valence-electron chi connectivity index (χ0n) is 9.80. The lowest BCUT2D eigenvalue weighted by molar-refractivity contribution is 1.16. The molecule has 0 aliphatic heterocycles. The van der Waals surface area contributed by atoms with E-state index >= 15 is 0 Å². The monoisotopic (exact) mass is 242 g/mol. The maximum Gasteiger partial charge on any atom is 0.0726 e. The van der Waals surface area contributed by atoms with Crippen molar-refractivity contribution in [1.29, 1.82) is 0 Å². The molecule has 0 saturated carbocycles. The number of hydrogen-bond acceptors (Lipinski definition) is 2. The normalized spacial score (nSPS) is 10.0. The SMILES string of the molecule is CCC(P)=C(c1ccccn1)c1ccccn1. The van der Waals surface area contributed by atoms with Crippen LogP contribution < -0.4 is 0 Å². The third-order valence-corrected chi connectivity index (χ3v) is 3.24. The molecule has 2 aromatic rings. The minimum atomic E-state index is 0.965. The van der Waals surface area contributed by atoms with Gasteiger partial charge in [0, 0.05) is 18.0 Å². The van der Waals surface area contributed by atoms with Crippen LogP contribution >= 0.6 is 9.24 Å². The van der Waals surface area contributed by atoms with Gasteiger partial charge in [0.2, 0.25) is 0 Å². The number of aromatic nitrogens is 2. The lowest BCUT2D eigenvalue weighted by atomic mass is 10.1. The summed E-state index contributed by atoms with van der Waals surface area (Å²) in [7, 11) is 2.79. The Morgan fingerprint density at radius 3 is 1.88 bits per heavy atom. The Kier molecular flexibility index (Phi) is 4.00. The highest BCUT2D eigenvalue weighted by Gasteiger charge is 2.09. The van der Waals surface area contributed by atoms with Gasteiger partial charge in [0.15, 0.2) is 0 Å². The van der Waals surface area contributed by atoms with Gasteiger partial charge in [0.1, 0.15) is 0 Å². The molecule has 0 spiro atoms. The van der Waals surface area contributed by atoms with Gasteiger partial charge < -0.3 is 0 Å². The lowest BCUT2D eigenvalue weighted by Crippen LogP contribution is -1.95. The first-order chi connectivity index (χ1) is 8.33. The minimum Gasteiger partial charge on any atom is -0.256 e. The Bertz CT molecular complexity index is 465. The lowest BCUT2D eigenvalue weighted by Gasteiger charge is -2.09. The van der Waals surface area contributed by atoms with Crippen LogP contribution in [0.2, 0.25) is 0 Å². The molecule has 0 fully saturated rings. The molecule has 0 aromatic carbocycles. The van der Waals surface area contributed by atoms with Crippen LogP contribution in [-0.2, 0) is 0 Å². The molecule has 2 nitrogen and oxygen atoms in total. The summed E-state index contributed by atoms with van der Waals surface area (Å²) in [5, 5.41) is 1.22. The second-order valence-electron chi connectivity index (χ2n) is 3.68. The fourth-order valence-corrected chi connectivity index (χ4v) is 1.95. The van der Waals surface area contributed by atoms with Crippen molar-refractivity contribution in [2.24, 2.45) is 0 Å². The molecule has 86 valence electrons. The van der Waals surface area contributed by atoms with Crippen LogP contribution in [0.25, 0.3) is 5.57 Å². The molecule has 0 saturated heterocycles. The zero-order valence-corrected chi connectivity index (χ0v) is 11.0. The summed E-state index contributed by atoms with van der Waals surface area (Å²) in [5.41, 5.74) is 3.05. The van der Waals surface area contributed by atoms with Crippen molar-refractivity contribution in [1.82, 2.24) is 9.97 Å². The van der Waals surface area contributed by atoms with Gasteiger partial charge in [-0.15, -0.1) is 9.24 Å². The first-order valence-electron chi connectivity index (χ1n) is 5.64. The molecule has 2 heterocycles. The Morgan fingerprint density at radius 2 is 1.53 bits per heavy atom. The summed E-state index contributed by atoms with van der Waals surface area (Å²) in [6.07, 6.45) is 4.59. The van der Waals surface area contributed by atoms with E-state index < -0.39 is 0 Å². The summed E-state index contributed by atoms with van der Waals surface area (Å²) in [5.74, 6) is 0. The van der Waals surface area contributed by atoms with Gasteiger partial charge in [-0.1, -0.05) is 19.1 Å². The van der Waals surface area contributed by atoms with Crippen LogP contribution in [0.1, 0.15) is 24.7 Å². The van der Waals surface area contributed by atoms with Crippen molar-refractivity contribution >= 4 is 14.8 Å². The molecule has 1 atom stereocenters. The van der Waals surface area contributed by atoms with Gasteiger partial charge in [-0.3, -0.25) is 9.97 Å². The highest BCUT2D eigenvalue weighted by atomic mass is 31.0. The second kappa shape index (κ2) is 5.70. The maximum absolute atomic E-state index is 4.41. The van der Waals surface area contributed by atoms with E-state index in [1.54, 1.807) is 0 Å². The summed E-state index contributed by atoms with van der Waals surface area (Å²) in [6, 6.07) is 11.9. The fraction of sp³-hybridized carbons (Fsp3) is 0.143. The topological polar surface area (TPSA) is 25.8 Å². The number of pyridine rings is 2. The zero-order chi connectivity index (χ0) is 12.1. The molecule has 2 rings (SSSR count). The highest BCUT2D eigenvalue weighted by molar-refractivity contribution is 7.23. The number of nitrogens with zero attached hydrogens (tertiary/aromatic N) is 2. The molecule has 17 heavy (non-hydrogen) atoms. The number of rotatable bonds is 3. The highest BCUT2D eigenvalue weighted by Crippen LogP contribution is 2.28. The van der Waals surface area contributed by atoms with Gasteiger partial charge in [-0.05, 0) is 36.0 Å². The molecule has 0 bridgehead atoms. The first-order valence-corrected chi connectivity index (χ1v) is 6.22. The summed E-state index contributed by atoms with van der Waals surface area (Å²) in [6.45, 7) is 2.13. The largest absolute Gasteiger partial charge is 0.256 e. The Morgan fingerprint density at radius 1 is 1.00 bits per heavy atom. The minimum absolute atomic E-state index is 0.965. The van der Waals surface area contributed by atoms with Crippen molar-refractivity contribution in [3.05, 3.63) is 65.5 Å². The molecular weight excluding hydrogens is 227 g/mol. The van der Waals surface area contributed by atoms with E-state index in [0.29, 0.717) is 0 Å². The van der Waals surface area contributed by atoms with Crippen LogP contribution in [-0.4, -0.2) is 9.97 Å². The molecule has 3 heteroatoms. The van der Waals surface area contributed by atoms with Gasteiger partial charge in [-0.2, -0.15) is 0 Å². The van der Waals surface area contributed by atoms with Crippen LogP contribution in [0.3, 0.4) is 0 Å². The predicted molar refractivity (Wildman–Crippen MR) is 74.5 cm³/mol. The van der Waals surface area contributed by atoms with Gasteiger partial charge >= 0.3 is 0 Å². The van der Waals surface area contributed by atoms with Crippen molar-refractivity contribution in [2.45, 2.75) is 13.3 Å². The van der Waals surface area contributed by atoms with Crippen LogP contribution in [0.15, 0.2) is 54.1 Å². The van der Waals surface area contributed by atoms with Crippen molar-refractivity contribution < 1.29 is 0 Å². The van der Waals surface area contributed by atoms with Gasteiger partial charge in [-0.25, -0.2) is 0 Å². The Hall–Kier alpha value is -1.53. The summed E-state index contributed by atoms with van der Waals surface area (Å²) < 4.78 is 0. The third kappa shape index (κ3) is 2.78. The fourth-order valence-electron chi connectivity index (χ4n) is 1.66. The molecule has 1 unspecified atom stereocenters. The first kappa shape index (κ1) is 11.9. The maximum atomic E-state index is 4.41. The van der Waals surface area contributed by atoms with Crippen LogP contribution in [0.4, 0.5) is 0 Å². The van der Waals surface area contributed by atoms with Gasteiger partial charge in [0.05, 0.1) is 11.4 Å².